The lowest BCUT2D eigenvalue weighted by atomic mass is 10.1. The maximum absolute atomic E-state index is 11.2. The molecule has 3 nitrogen and oxygen atoms in total. The van der Waals surface area contributed by atoms with E-state index in [-0.39, 0.29) is 11.9 Å². The van der Waals surface area contributed by atoms with Gasteiger partial charge in [-0.3, -0.25) is 9.69 Å². The molecule has 0 bridgehead atoms. The summed E-state index contributed by atoms with van der Waals surface area (Å²) in [6.07, 6.45) is 3.74. The third-order valence-electron chi connectivity index (χ3n) is 3.08. The molecule has 0 amide bonds. The first-order chi connectivity index (χ1) is 6.69. The van der Waals surface area contributed by atoms with Gasteiger partial charge in [-0.05, 0) is 25.8 Å². The Balaban J connectivity index is 2.39. The molecule has 1 aliphatic heterocycles. The van der Waals surface area contributed by atoms with Crippen LogP contribution in [0, 0.1) is 5.92 Å². The van der Waals surface area contributed by atoms with Gasteiger partial charge >= 0.3 is 5.97 Å². The Morgan fingerprint density at radius 3 is 2.93 bits per heavy atom. The zero-order chi connectivity index (χ0) is 10.6. The Morgan fingerprint density at radius 1 is 1.64 bits per heavy atom. The molecule has 0 saturated carbocycles. The van der Waals surface area contributed by atoms with Gasteiger partial charge in [0.2, 0.25) is 0 Å². The predicted molar refractivity (Wildman–Crippen MR) is 56.1 cm³/mol. The van der Waals surface area contributed by atoms with Crippen LogP contribution < -0.4 is 0 Å². The van der Waals surface area contributed by atoms with Crippen molar-refractivity contribution in [2.75, 3.05) is 20.2 Å². The summed E-state index contributed by atoms with van der Waals surface area (Å²) < 4.78 is 4.73. The molecule has 0 aliphatic carbocycles. The SMILES string of the molecule is CCC1CCCN1CC(C)C(=O)OC. The Kier molecular flexibility index (Phi) is 4.39. The van der Waals surface area contributed by atoms with Crippen molar-refractivity contribution in [1.82, 2.24) is 4.90 Å². The highest BCUT2D eigenvalue weighted by Crippen LogP contribution is 2.21. The van der Waals surface area contributed by atoms with Crippen LogP contribution in [-0.4, -0.2) is 37.1 Å². The van der Waals surface area contributed by atoms with E-state index >= 15 is 0 Å². The molecule has 1 heterocycles. The van der Waals surface area contributed by atoms with Crippen LogP contribution >= 0.6 is 0 Å². The van der Waals surface area contributed by atoms with E-state index < -0.39 is 0 Å². The number of ether oxygens (including phenoxy) is 1. The van der Waals surface area contributed by atoms with Gasteiger partial charge in [-0.15, -0.1) is 0 Å². The van der Waals surface area contributed by atoms with E-state index in [0.717, 1.165) is 13.1 Å². The number of nitrogens with zero attached hydrogens (tertiary/aromatic N) is 1. The summed E-state index contributed by atoms with van der Waals surface area (Å²) in [6, 6.07) is 0.683. The maximum atomic E-state index is 11.2. The van der Waals surface area contributed by atoms with E-state index in [1.165, 1.54) is 26.4 Å². The van der Waals surface area contributed by atoms with E-state index in [4.69, 9.17) is 4.74 Å². The summed E-state index contributed by atoms with van der Waals surface area (Å²) in [5, 5.41) is 0. The van der Waals surface area contributed by atoms with Gasteiger partial charge < -0.3 is 4.74 Å². The van der Waals surface area contributed by atoms with Crippen molar-refractivity contribution < 1.29 is 9.53 Å². The van der Waals surface area contributed by atoms with Gasteiger partial charge in [0.25, 0.3) is 0 Å². The number of esters is 1. The Bertz CT molecular complexity index is 194. The zero-order valence-electron chi connectivity index (χ0n) is 9.45. The van der Waals surface area contributed by atoms with Gasteiger partial charge in [-0.1, -0.05) is 13.8 Å². The predicted octanol–water partition coefficient (Wildman–Crippen LogP) is 1.67. The average molecular weight is 199 g/mol. The third kappa shape index (κ3) is 2.71. The summed E-state index contributed by atoms with van der Waals surface area (Å²) in [5.74, 6) is -0.0843. The third-order valence-corrected chi connectivity index (χ3v) is 3.08. The van der Waals surface area contributed by atoms with Crippen LogP contribution in [-0.2, 0) is 9.53 Å². The van der Waals surface area contributed by atoms with Gasteiger partial charge in [0.05, 0.1) is 13.0 Å². The number of hydrogen-bond acceptors (Lipinski definition) is 3. The smallest absolute Gasteiger partial charge is 0.309 e. The van der Waals surface area contributed by atoms with Crippen molar-refractivity contribution in [3.05, 3.63) is 0 Å². The van der Waals surface area contributed by atoms with Crippen LogP contribution in [0.25, 0.3) is 0 Å². The quantitative estimate of drug-likeness (QED) is 0.645. The number of methoxy groups -OCH3 is 1. The number of likely N-dealkylation sites (tertiary alicyclic amines) is 1. The molecule has 2 atom stereocenters. The first-order valence-electron chi connectivity index (χ1n) is 5.51. The average Bonchev–Trinajstić information content (AvgIpc) is 2.63. The number of hydrogen-bond donors (Lipinski definition) is 0. The highest BCUT2D eigenvalue weighted by molar-refractivity contribution is 5.72. The molecule has 0 aromatic heterocycles. The second-order valence-corrected chi connectivity index (χ2v) is 4.12. The number of carbonyl (C=O) groups is 1. The lowest BCUT2D eigenvalue weighted by molar-refractivity contribution is -0.145. The van der Waals surface area contributed by atoms with Crippen LogP contribution in [0.2, 0.25) is 0 Å². The highest BCUT2D eigenvalue weighted by atomic mass is 16.5. The molecule has 1 saturated heterocycles. The molecule has 0 N–H and O–H groups in total. The summed E-state index contributed by atoms with van der Waals surface area (Å²) in [4.78, 5) is 13.7. The first kappa shape index (κ1) is 11.5. The molecule has 1 fully saturated rings. The molecule has 0 aromatic rings. The fourth-order valence-electron chi connectivity index (χ4n) is 2.23. The molecule has 2 unspecified atom stereocenters. The molecule has 82 valence electrons. The molecule has 1 rings (SSSR count). The van der Waals surface area contributed by atoms with Crippen LogP contribution in [0.15, 0.2) is 0 Å². The minimum atomic E-state index is -0.0910. The van der Waals surface area contributed by atoms with Crippen molar-refractivity contribution in [3.8, 4) is 0 Å². The maximum Gasteiger partial charge on any atom is 0.309 e. The molecule has 3 heteroatoms. The van der Waals surface area contributed by atoms with E-state index in [1.54, 1.807) is 0 Å². The van der Waals surface area contributed by atoms with E-state index in [9.17, 15) is 4.79 Å². The summed E-state index contributed by atoms with van der Waals surface area (Å²) in [6.45, 7) is 6.15. The van der Waals surface area contributed by atoms with Crippen LogP contribution in [0.5, 0.6) is 0 Å². The van der Waals surface area contributed by atoms with Crippen molar-refractivity contribution >= 4 is 5.97 Å². The monoisotopic (exact) mass is 199 g/mol. The fraction of sp³-hybridized carbons (Fsp3) is 0.909. The molecule has 14 heavy (non-hydrogen) atoms. The summed E-state index contributed by atoms with van der Waals surface area (Å²) >= 11 is 0. The first-order valence-corrected chi connectivity index (χ1v) is 5.51. The van der Waals surface area contributed by atoms with Crippen molar-refractivity contribution in [2.24, 2.45) is 5.92 Å². The van der Waals surface area contributed by atoms with Gasteiger partial charge in [0.15, 0.2) is 0 Å². The van der Waals surface area contributed by atoms with Crippen molar-refractivity contribution in [3.63, 3.8) is 0 Å². The molecule has 0 aromatic carbocycles. The van der Waals surface area contributed by atoms with Gasteiger partial charge in [0.1, 0.15) is 0 Å². The molecule has 0 radical (unpaired) electrons. The lowest BCUT2D eigenvalue weighted by Gasteiger charge is -2.25. The van der Waals surface area contributed by atoms with E-state index in [1.807, 2.05) is 6.92 Å². The molecule has 0 spiro atoms. The van der Waals surface area contributed by atoms with Crippen LogP contribution in [0.3, 0.4) is 0 Å². The second-order valence-electron chi connectivity index (χ2n) is 4.12. The number of rotatable bonds is 4. The van der Waals surface area contributed by atoms with Crippen molar-refractivity contribution in [2.45, 2.75) is 39.2 Å². The topological polar surface area (TPSA) is 29.5 Å². The second kappa shape index (κ2) is 5.35. The van der Waals surface area contributed by atoms with E-state index in [0.29, 0.717) is 6.04 Å². The minimum Gasteiger partial charge on any atom is -0.469 e. The largest absolute Gasteiger partial charge is 0.469 e. The van der Waals surface area contributed by atoms with Gasteiger partial charge in [0, 0.05) is 12.6 Å². The van der Waals surface area contributed by atoms with E-state index in [2.05, 4.69) is 11.8 Å². The number of carbonyl (C=O) groups excluding carboxylic acids is 1. The summed E-state index contributed by atoms with van der Waals surface area (Å²) in [5.41, 5.74) is 0. The fourth-order valence-corrected chi connectivity index (χ4v) is 2.23. The Hall–Kier alpha value is -0.570. The lowest BCUT2D eigenvalue weighted by Crippen LogP contribution is -2.35. The Morgan fingerprint density at radius 2 is 2.36 bits per heavy atom. The zero-order valence-corrected chi connectivity index (χ0v) is 9.45. The van der Waals surface area contributed by atoms with Gasteiger partial charge in [-0.2, -0.15) is 0 Å². The highest BCUT2D eigenvalue weighted by Gasteiger charge is 2.26. The summed E-state index contributed by atoms with van der Waals surface area (Å²) in [7, 11) is 1.46. The minimum absolute atomic E-state index is 0.00662. The van der Waals surface area contributed by atoms with Crippen LogP contribution in [0.4, 0.5) is 0 Å². The van der Waals surface area contributed by atoms with Crippen LogP contribution in [0.1, 0.15) is 33.1 Å². The van der Waals surface area contributed by atoms with Crippen molar-refractivity contribution in [1.29, 1.82) is 0 Å². The van der Waals surface area contributed by atoms with Gasteiger partial charge in [-0.25, -0.2) is 0 Å². The molecule has 1 aliphatic rings. The molecular weight excluding hydrogens is 178 g/mol. The standard InChI is InChI=1S/C11H21NO2/c1-4-10-6-5-7-12(10)8-9(2)11(13)14-3/h9-10H,4-8H2,1-3H3. The molecular formula is C11H21NO2. The normalized spacial score (nSPS) is 24.9. The Labute approximate surface area is 86.4 Å².